The SMILES string of the molecule is O=C(O)[C@H]1CCCN1C(=O)c1cc(Cl)c2c(c1)OCO2. The molecule has 20 heavy (non-hydrogen) atoms. The van der Waals surface area contributed by atoms with Gasteiger partial charge in [0.2, 0.25) is 6.79 Å². The van der Waals surface area contributed by atoms with Crippen molar-refractivity contribution in [1.29, 1.82) is 0 Å². The Hall–Kier alpha value is -1.95. The normalized spacial score (nSPS) is 20.2. The average molecular weight is 298 g/mol. The lowest BCUT2D eigenvalue weighted by molar-refractivity contribution is -0.141. The number of carbonyl (C=O) groups excluding carboxylic acids is 1. The van der Waals surface area contributed by atoms with Crippen LogP contribution in [0.25, 0.3) is 0 Å². The lowest BCUT2D eigenvalue weighted by Crippen LogP contribution is -2.40. The molecule has 0 radical (unpaired) electrons. The first-order valence-electron chi connectivity index (χ1n) is 6.21. The van der Waals surface area contributed by atoms with Crippen molar-refractivity contribution in [3.63, 3.8) is 0 Å². The maximum atomic E-state index is 12.4. The number of nitrogens with zero attached hydrogens (tertiary/aromatic N) is 1. The molecule has 1 N–H and O–H groups in total. The number of rotatable bonds is 2. The Kier molecular flexibility index (Phi) is 3.17. The van der Waals surface area contributed by atoms with Crippen LogP contribution in [0.4, 0.5) is 0 Å². The highest BCUT2D eigenvalue weighted by Crippen LogP contribution is 2.40. The molecule has 2 heterocycles. The second kappa shape index (κ2) is 4.86. The van der Waals surface area contributed by atoms with Crippen LogP contribution < -0.4 is 9.47 Å². The molecule has 0 aromatic heterocycles. The molecule has 1 aromatic carbocycles. The van der Waals surface area contributed by atoms with Crippen molar-refractivity contribution in [3.8, 4) is 11.5 Å². The summed E-state index contributed by atoms with van der Waals surface area (Å²) in [4.78, 5) is 24.9. The van der Waals surface area contributed by atoms with E-state index in [1.54, 1.807) is 0 Å². The van der Waals surface area contributed by atoms with E-state index >= 15 is 0 Å². The highest BCUT2D eigenvalue weighted by Gasteiger charge is 2.35. The first-order chi connectivity index (χ1) is 9.58. The molecule has 7 heteroatoms. The van der Waals surface area contributed by atoms with E-state index in [2.05, 4.69) is 0 Å². The molecule has 2 aliphatic rings. The van der Waals surface area contributed by atoms with E-state index in [0.29, 0.717) is 36.4 Å². The highest BCUT2D eigenvalue weighted by molar-refractivity contribution is 6.32. The molecule has 0 spiro atoms. The van der Waals surface area contributed by atoms with Gasteiger partial charge < -0.3 is 19.5 Å². The maximum absolute atomic E-state index is 12.4. The molecule has 3 rings (SSSR count). The van der Waals surface area contributed by atoms with E-state index in [9.17, 15) is 9.59 Å². The summed E-state index contributed by atoms with van der Waals surface area (Å²) in [5.74, 6) is -0.510. The van der Waals surface area contributed by atoms with E-state index in [1.807, 2.05) is 0 Å². The van der Waals surface area contributed by atoms with Gasteiger partial charge in [-0.1, -0.05) is 11.6 Å². The number of halogens is 1. The lowest BCUT2D eigenvalue weighted by atomic mass is 10.1. The van der Waals surface area contributed by atoms with E-state index in [-0.39, 0.29) is 17.7 Å². The molecule has 0 bridgehead atoms. The van der Waals surface area contributed by atoms with Crippen LogP contribution in [0.5, 0.6) is 11.5 Å². The van der Waals surface area contributed by atoms with E-state index in [0.717, 1.165) is 0 Å². The number of aliphatic carboxylic acids is 1. The molecule has 6 nitrogen and oxygen atoms in total. The van der Waals surface area contributed by atoms with Crippen LogP contribution in [0, 0.1) is 0 Å². The molecule has 0 unspecified atom stereocenters. The number of benzene rings is 1. The van der Waals surface area contributed by atoms with Crippen molar-refractivity contribution >= 4 is 23.5 Å². The Bertz CT molecular complexity index is 588. The minimum absolute atomic E-state index is 0.0637. The Labute approximate surface area is 119 Å². The predicted molar refractivity (Wildman–Crippen MR) is 69.3 cm³/mol. The zero-order valence-corrected chi connectivity index (χ0v) is 11.2. The third-order valence-corrected chi connectivity index (χ3v) is 3.75. The largest absolute Gasteiger partial charge is 0.480 e. The van der Waals surface area contributed by atoms with Gasteiger partial charge in [-0.15, -0.1) is 0 Å². The molecule has 2 aliphatic heterocycles. The van der Waals surface area contributed by atoms with Gasteiger partial charge >= 0.3 is 5.97 Å². The number of fused-ring (bicyclic) bond motifs is 1. The number of hydrogen-bond donors (Lipinski definition) is 1. The summed E-state index contributed by atoms with van der Waals surface area (Å²) in [6.07, 6.45) is 1.15. The highest BCUT2D eigenvalue weighted by atomic mass is 35.5. The minimum atomic E-state index is -0.984. The number of ether oxygens (including phenoxy) is 2. The molecule has 106 valence electrons. The van der Waals surface area contributed by atoms with Gasteiger partial charge in [0.1, 0.15) is 6.04 Å². The number of hydrogen-bond acceptors (Lipinski definition) is 4. The van der Waals surface area contributed by atoms with Gasteiger partial charge in [0, 0.05) is 12.1 Å². The molecule has 1 amide bonds. The predicted octanol–water partition coefficient (Wildman–Crippen LogP) is 1.76. The second-order valence-electron chi connectivity index (χ2n) is 4.69. The number of carboxylic acids is 1. The van der Waals surface area contributed by atoms with Crippen LogP contribution >= 0.6 is 11.6 Å². The maximum Gasteiger partial charge on any atom is 0.326 e. The molecule has 1 aromatic rings. The van der Waals surface area contributed by atoms with E-state index < -0.39 is 12.0 Å². The smallest absolute Gasteiger partial charge is 0.326 e. The lowest BCUT2D eigenvalue weighted by Gasteiger charge is -2.21. The second-order valence-corrected chi connectivity index (χ2v) is 5.09. The summed E-state index contributed by atoms with van der Waals surface area (Å²) in [6, 6.07) is 2.24. The van der Waals surface area contributed by atoms with Gasteiger partial charge in [0.15, 0.2) is 11.5 Å². The average Bonchev–Trinajstić information content (AvgIpc) is 3.06. The summed E-state index contributed by atoms with van der Waals surface area (Å²) < 4.78 is 10.4. The van der Waals surface area contributed by atoms with Crippen LogP contribution in [0.1, 0.15) is 23.2 Å². The minimum Gasteiger partial charge on any atom is -0.480 e. The fourth-order valence-corrected chi connectivity index (χ4v) is 2.79. The summed E-state index contributed by atoms with van der Waals surface area (Å²) in [7, 11) is 0. The van der Waals surface area contributed by atoms with Crippen LogP contribution in [-0.4, -0.2) is 41.3 Å². The summed E-state index contributed by atoms with van der Waals surface area (Å²) >= 11 is 6.03. The molecule has 1 saturated heterocycles. The van der Waals surface area contributed by atoms with Gasteiger partial charge in [0.25, 0.3) is 5.91 Å². The zero-order valence-electron chi connectivity index (χ0n) is 10.5. The van der Waals surface area contributed by atoms with Crippen molar-refractivity contribution in [2.75, 3.05) is 13.3 Å². The van der Waals surface area contributed by atoms with Crippen LogP contribution in [-0.2, 0) is 4.79 Å². The monoisotopic (exact) mass is 297 g/mol. The van der Waals surface area contributed by atoms with Gasteiger partial charge in [-0.05, 0) is 25.0 Å². The Balaban J connectivity index is 1.91. The number of likely N-dealkylation sites (tertiary alicyclic amines) is 1. The summed E-state index contributed by atoms with van der Waals surface area (Å²) in [6.45, 7) is 0.496. The fraction of sp³-hybridized carbons (Fsp3) is 0.385. The van der Waals surface area contributed by atoms with Gasteiger partial charge in [-0.3, -0.25) is 4.79 Å². The zero-order chi connectivity index (χ0) is 14.3. The standard InChI is InChI=1S/C13H12ClNO5/c14-8-4-7(5-10-11(8)20-6-19-10)12(16)15-3-1-2-9(15)13(17)18/h4-5,9H,1-3,6H2,(H,17,18)/t9-/m1/s1. The van der Waals surface area contributed by atoms with Gasteiger partial charge in [-0.2, -0.15) is 0 Å². The Morgan fingerprint density at radius 3 is 2.90 bits per heavy atom. The van der Waals surface area contributed by atoms with Crippen molar-refractivity contribution in [1.82, 2.24) is 4.90 Å². The quantitative estimate of drug-likeness (QED) is 0.900. The van der Waals surface area contributed by atoms with Crippen molar-refractivity contribution in [3.05, 3.63) is 22.7 Å². The molecular weight excluding hydrogens is 286 g/mol. The number of carboxylic acid groups (broad SMARTS) is 1. The molecule has 1 fully saturated rings. The van der Waals surface area contributed by atoms with Gasteiger partial charge in [0.05, 0.1) is 5.02 Å². The summed E-state index contributed by atoms with van der Waals surface area (Å²) in [5, 5.41) is 9.41. The fourth-order valence-electron chi connectivity index (χ4n) is 2.52. The Morgan fingerprint density at radius 1 is 1.35 bits per heavy atom. The molecule has 0 saturated carbocycles. The third kappa shape index (κ3) is 2.06. The van der Waals surface area contributed by atoms with Crippen molar-refractivity contribution in [2.45, 2.75) is 18.9 Å². The molecule has 1 atom stereocenters. The van der Waals surface area contributed by atoms with Crippen LogP contribution in [0.3, 0.4) is 0 Å². The summed E-state index contributed by atoms with van der Waals surface area (Å²) in [5.41, 5.74) is 0.312. The van der Waals surface area contributed by atoms with E-state index in [4.69, 9.17) is 26.2 Å². The first kappa shape index (κ1) is 13.1. The Morgan fingerprint density at radius 2 is 2.15 bits per heavy atom. The molecular formula is C13H12ClNO5. The van der Waals surface area contributed by atoms with Crippen molar-refractivity contribution in [2.24, 2.45) is 0 Å². The van der Waals surface area contributed by atoms with E-state index in [1.165, 1.54) is 17.0 Å². The molecule has 0 aliphatic carbocycles. The van der Waals surface area contributed by atoms with Gasteiger partial charge in [-0.25, -0.2) is 4.79 Å². The third-order valence-electron chi connectivity index (χ3n) is 3.47. The van der Waals surface area contributed by atoms with Crippen molar-refractivity contribution < 1.29 is 24.2 Å². The first-order valence-corrected chi connectivity index (χ1v) is 6.58. The topological polar surface area (TPSA) is 76.1 Å². The van der Waals surface area contributed by atoms with Crippen LogP contribution in [0.2, 0.25) is 5.02 Å². The number of carbonyl (C=O) groups is 2. The van der Waals surface area contributed by atoms with Crippen LogP contribution in [0.15, 0.2) is 12.1 Å². The number of amides is 1.